The number of likely N-dealkylation sites (tertiary alicyclic amines) is 1. The largest absolute Gasteiger partial charge is 0.278 e. The van der Waals surface area contributed by atoms with E-state index >= 15 is 0 Å². The maximum atomic E-state index is 12.6. The van der Waals surface area contributed by atoms with Crippen LogP contribution in [-0.4, -0.2) is 22.8 Å². The Morgan fingerprint density at radius 3 is 2.29 bits per heavy atom. The Kier molecular flexibility index (Phi) is 2.14. The molecule has 0 N–H and O–H groups in total. The van der Waals surface area contributed by atoms with Gasteiger partial charge in [0.05, 0.1) is 12.0 Å². The molecule has 1 aliphatic heterocycles. The van der Waals surface area contributed by atoms with Gasteiger partial charge in [-0.1, -0.05) is 20.8 Å². The van der Waals surface area contributed by atoms with Gasteiger partial charge in [-0.15, -0.1) is 0 Å². The molecule has 4 aliphatic carbocycles. The fourth-order valence-electron chi connectivity index (χ4n) is 7.06. The number of fused-ring (bicyclic) bond motifs is 12. The monoisotopic (exact) mass is 287 g/mol. The molecule has 0 spiro atoms. The summed E-state index contributed by atoms with van der Waals surface area (Å²) in [5, 5.41) is 0. The maximum absolute atomic E-state index is 12.6. The number of nitrogens with zero attached hydrogens (tertiary/aromatic N) is 1. The van der Waals surface area contributed by atoms with Crippen molar-refractivity contribution >= 4 is 11.8 Å². The van der Waals surface area contributed by atoms with Crippen molar-refractivity contribution in [2.45, 2.75) is 52.5 Å². The van der Waals surface area contributed by atoms with E-state index in [1.807, 2.05) is 20.8 Å². The van der Waals surface area contributed by atoms with Crippen LogP contribution in [0, 0.1) is 46.8 Å². The minimum atomic E-state index is -0.434. The molecular formula is C18H25NO2. The SMILES string of the molecule is CC(C)(C)C(=O)N1C(=O)C2C3CC(C4C5CCC(C5)C34)C21. The van der Waals surface area contributed by atoms with Gasteiger partial charge in [0.2, 0.25) is 11.8 Å². The molecule has 4 bridgehead atoms. The molecule has 3 nitrogen and oxygen atoms in total. The fraction of sp³-hybridized carbons (Fsp3) is 0.889. The smallest absolute Gasteiger partial charge is 0.234 e. The molecule has 3 heteroatoms. The Morgan fingerprint density at radius 1 is 1.05 bits per heavy atom. The lowest BCUT2D eigenvalue weighted by Crippen LogP contribution is -2.69. The molecule has 5 rings (SSSR count). The summed E-state index contributed by atoms with van der Waals surface area (Å²) in [6.07, 6.45) is 5.47. The number of hydrogen-bond donors (Lipinski definition) is 0. The van der Waals surface area contributed by atoms with Gasteiger partial charge in [-0.05, 0) is 61.2 Å². The van der Waals surface area contributed by atoms with Crippen molar-refractivity contribution in [1.82, 2.24) is 4.90 Å². The van der Waals surface area contributed by atoms with E-state index in [4.69, 9.17) is 0 Å². The highest BCUT2D eigenvalue weighted by Crippen LogP contribution is 2.71. The van der Waals surface area contributed by atoms with Crippen LogP contribution in [0.5, 0.6) is 0 Å². The molecule has 8 atom stereocenters. The lowest BCUT2D eigenvalue weighted by Gasteiger charge is -2.54. The molecule has 5 aliphatic rings. The van der Waals surface area contributed by atoms with Crippen molar-refractivity contribution in [1.29, 1.82) is 0 Å². The average Bonchev–Trinajstić information content (AvgIpc) is 3.12. The third-order valence-corrected chi connectivity index (χ3v) is 7.53. The van der Waals surface area contributed by atoms with Crippen molar-refractivity contribution in [2.75, 3.05) is 0 Å². The predicted molar refractivity (Wildman–Crippen MR) is 78.0 cm³/mol. The van der Waals surface area contributed by atoms with Gasteiger partial charge in [-0.3, -0.25) is 14.5 Å². The van der Waals surface area contributed by atoms with Gasteiger partial charge < -0.3 is 0 Å². The molecule has 2 amide bonds. The Balaban J connectivity index is 1.48. The van der Waals surface area contributed by atoms with E-state index in [0.29, 0.717) is 11.8 Å². The van der Waals surface area contributed by atoms with E-state index in [1.54, 1.807) is 4.90 Å². The van der Waals surface area contributed by atoms with Gasteiger partial charge in [0, 0.05) is 5.41 Å². The molecule has 5 fully saturated rings. The molecule has 8 unspecified atom stereocenters. The van der Waals surface area contributed by atoms with E-state index in [0.717, 1.165) is 23.7 Å². The third-order valence-electron chi connectivity index (χ3n) is 7.53. The first-order chi connectivity index (χ1) is 9.89. The normalized spacial score (nSPS) is 52.9. The Morgan fingerprint density at radius 2 is 1.67 bits per heavy atom. The second-order valence-corrected chi connectivity index (χ2v) is 9.33. The summed E-state index contributed by atoms with van der Waals surface area (Å²) in [5.74, 6) is 5.20. The van der Waals surface area contributed by atoms with E-state index in [2.05, 4.69) is 0 Å². The van der Waals surface area contributed by atoms with E-state index < -0.39 is 5.41 Å². The minimum Gasteiger partial charge on any atom is -0.278 e. The maximum Gasteiger partial charge on any atom is 0.234 e. The van der Waals surface area contributed by atoms with Gasteiger partial charge in [0.15, 0.2) is 0 Å². The van der Waals surface area contributed by atoms with Crippen LogP contribution in [0.15, 0.2) is 0 Å². The summed E-state index contributed by atoms with van der Waals surface area (Å²) < 4.78 is 0. The molecule has 4 saturated carbocycles. The summed E-state index contributed by atoms with van der Waals surface area (Å²) in [6.45, 7) is 5.80. The predicted octanol–water partition coefficient (Wildman–Crippen LogP) is 2.70. The number of imide groups is 1. The molecule has 0 aromatic carbocycles. The molecular weight excluding hydrogens is 262 g/mol. The second-order valence-electron chi connectivity index (χ2n) is 9.33. The zero-order valence-corrected chi connectivity index (χ0v) is 13.2. The standard InChI is InChI=1S/C18H25NO2/c1-18(2,3)17(21)19-15-11-7-10(14(15)16(19)20)12-8-4-5-9(6-8)13(11)12/h8-15H,4-7H2,1-3H3. The Labute approximate surface area is 126 Å². The first-order valence-corrected chi connectivity index (χ1v) is 8.77. The Hall–Kier alpha value is -0.860. The topological polar surface area (TPSA) is 37.4 Å². The number of carbonyl (C=O) groups excluding carboxylic acids is 2. The van der Waals surface area contributed by atoms with Gasteiger partial charge in [-0.25, -0.2) is 0 Å². The number of rotatable bonds is 0. The summed E-state index contributed by atoms with van der Waals surface area (Å²) in [7, 11) is 0. The van der Waals surface area contributed by atoms with Crippen LogP contribution >= 0.6 is 0 Å². The average molecular weight is 287 g/mol. The van der Waals surface area contributed by atoms with Crippen LogP contribution in [0.3, 0.4) is 0 Å². The zero-order chi connectivity index (χ0) is 14.7. The fourth-order valence-corrected chi connectivity index (χ4v) is 7.06. The molecule has 0 aromatic heterocycles. The van der Waals surface area contributed by atoms with Crippen molar-refractivity contribution in [3.05, 3.63) is 0 Å². The summed E-state index contributed by atoms with van der Waals surface area (Å²) in [5.41, 5.74) is -0.434. The van der Waals surface area contributed by atoms with Crippen molar-refractivity contribution < 1.29 is 9.59 Å². The lowest BCUT2D eigenvalue weighted by molar-refractivity contribution is -0.179. The minimum absolute atomic E-state index is 0.0565. The number of amides is 2. The van der Waals surface area contributed by atoms with Crippen LogP contribution in [0.2, 0.25) is 0 Å². The highest BCUT2D eigenvalue weighted by atomic mass is 16.2. The quantitative estimate of drug-likeness (QED) is 0.507. The highest BCUT2D eigenvalue weighted by Gasteiger charge is 2.73. The summed E-state index contributed by atoms with van der Waals surface area (Å²) in [4.78, 5) is 26.9. The van der Waals surface area contributed by atoms with Crippen LogP contribution in [0.4, 0.5) is 0 Å². The van der Waals surface area contributed by atoms with Crippen LogP contribution in [-0.2, 0) is 9.59 Å². The number of hydrogen-bond acceptors (Lipinski definition) is 2. The molecule has 0 aromatic rings. The third kappa shape index (κ3) is 1.29. The van der Waals surface area contributed by atoms with Crippen LogP contribution in [0.25, 0.3) is 0 Å². The van der Waals surface area contributed by atoms with E-state index in [9.17, 15) is 9.59 Å². The lowest BCUT2D eigenvalue weighted by atomic mass is 9.61. The first kappa shape index (κ1) is 12.7. The van der Waals surface area contributed by atoms with Crippen LogP contribution in [0.1, 0.15) is 46.5 Å². The summed E-state index contributed by atoms with van der Waals surface area (Å²) in [6, 6.07) is 0.273. The zero-order valence-electron chi connectivity index (χ0n) is 13.2. The van der Waals surface area contributed by atoms with E-state index in [1.165, 1.54) is 25.7 Å². The molecule has 1 heterocycles. The second kappa shape index (κ2) is 3.55. The Bertz CT molecular complexity index is 548. The van der Waals surface area contributed by atoms with Gasteiger partial charge >= 0.3 is 0 Å². The number of carbonyl (C=O) groups is 2. The van der Waals surface area contributed by atoms with E-state index in [-0.39, 0.29) is 23.8 Å². The first-order valence-electron chi connectivity index (χ1n) is 8.77. The van der Waals surface area contributed by atoms with Gasteiger partial charge in [0.25, 0.3) is 0 Å². The van der Waals surface area contributed by atoms with Crippen molar-refractivity contribution in [3.8, 4) is 0 Å². The van der Waals surface area contributed by atoms with Crippen molar-refractivity contribution in [3.63, 3.8) is 0 Å². The molecule has 21 heavy (non-hydrogen) atoms. The van der Waals surface area contributed by atoms with Gasteiger partial charge in [0.1, 0.15) is 0 Å². The van der Waals surface area contributed by atoms with Gasteiger partial charge in [-0.2, -0.15) is 0 Å². The molecule has 1 saturated heterocycles. The number of β-lactam (4-membered cyclic amide) rings is 1. The van der Waals surface area contributed by atoms with Crippen molar-refractivity contribution in [2.24, 2.45) is 46.8 Å². The molecule has 0 radical (unpaired) electrons. The summed E-state index contributed by atoms with van der Waals surface area (Å²) >= 11 is 0. The molecule has 114 valence electrons. The highest BCUT2D eigenvalue weighted by molar-refractivity contribution is 6.04. The van der Waals surface area contributed by atoms with Crippen LogP contribution < -0.4 is 0 Å².